The van der Waals surface area contributed by atoms with Crippen molar-refractivity contribution in [1.82, 2.24) is 20.8 Å². The molecule has 0 spiro atoms. The van der Waals surface area contributed by atoms with Gasteiger partial charge in [-0.25, -0.2) is 8.78 Å². The van der Waals surface area contributed by atoms with E-state index in [4.69, 9.17) is 0 Å². The highest BCUT2D eigenvalue weighted by atomic mass is 19.3. The van der Waals surface area contributed by atoms with Gasteiger partial charge in [-0.1, -0.05) is 0 Å². The number of carbonyl (C=O) groups excluding carboxylic acids is 2. The molecule has 1 aliphatic rings. The summed E-state index contributed by atoms with van der Waals surface area (Å²) in [5, 5.41) is 11.4. The third-order valence-electron chi connectivity index (χ3n) is 3.54. The van der Waals surface area contributed by atoms with Crippen LogP contribution in [0.1, 0.15) is 36.2 Å². The minimum atomic E-state index is -2.63. The van der Waals surface area contributed by atoms with Gasteiger partial charge in [-0.15, -0.1) is 0 Å². The molecule has 1 aromatic heterocycles. The van der Waals surface area contributed by atoms with Gasteiger partial charge in [-0.3, -0.25) is 14.7 Å². The smallest absolute Gasteiger partial charge is 0.269 e. The normalized spacial score (nSPS) is 18.2. The molecule has 1 aromatic rings. The minimum Gasteiger partial charge on any atom is -0.354 e. The number of hydrogen-bond donors (Lipinski definition) is 3. The molecule has 0 radical (unpaired) electrons. The summed E-state index contributed by atoms with van der Waals surface area (Å²) in [6.45, 7) is 0.540. The van der Waals surface area contributed by atoms with Crippen LogP contribution >= 0.6 is 0 Å². The van der Waals surface area contributed by atoms with E-state index in [1.165, 1.54) is 12.3 Å². The molecule has 1 fully saturated rings. The van der Waals surface area contributed by atoms with Crippen LogP contribution in [0.3, 0.4) is 0 Å². The Hall–Kier alpha value is -1.99. The van der Waals surface area contributed by atoms with E-state index in [0.29, 0.717) is 5.69 Å². The summed E-state index contributed by atoms with van der Waals surface area (Å²) < 4.78 is 26.0. The van der Waals surface area contributed by atoms with Crippen molar-refractivity contribution in [2.24, 2.45) is 5.92 Å². The van der Waals surface area contributed by atoms with E-state index in [1.54, 1.807) is 0 Å². The van der Waals surface area contributed by atoms with Gasteiger partial charge in [0, 0.05) is 38.0 Å². The molecule has 0 unspecified atom stereocenters. The van der Waals surface area contributed by atoms with Crippen LogP contribution in [0.25, 0.3) is 0 Å². The zero-order valence-electron chi connectivity index (χ0n) is 11.5. The minimum absolute atomic E-state index is 0.208. The molecule has 1 heterocycles. The number of alkyl halides is 2. The second kappa shape index (κ2) is 6.64. The second-order valence-electron chi connectivity index (χ2n) is 5.15. The number of amides is 2. The molecule has 0 bridgehead atoms. The molecule has 2 rings (SSSR count). The maximum absolute atomic E-state index is 13.0. The first-order valence-corrected chi connectivity index (χ1v) is 6.91. The summed E-state index contributed by atoms with van der Waals surface area (Å²) in [5.74, 6) is -3.51. The van der Waals surface area contributed by atoms with Crippen LogP contribution in [0.4, 0.5) is 8.78 Å². The Kier molecular flexibility index (Phi) is 4.87. The molecule has 0 aliphatic heterocycles. The summed E-state index contributed by atoms with van der Waals surface area (Å²) >= 11 is 0. The molecule has 2 amide bonds. The first kappa shape index (κ1) is 15.4. The first-order valence-electron chi connectivity index (χ1n) is 6.91. The van der Waals surface area contributed by atoms with Crippen molar-refractivity contribution in [3.05, 3.63) is 18.0 Å². The Bertz CT molecular complexity index is 480. The Morgan fingerprint density at radius 3 is 2.57 bits per heavy atom. The van der Waals surface area contributed by atoms with E-state index in [-0.39, 0.29) is 56.5 Å². The van der Waals surface area contributed by atoms with Crippen LogP contribution in [0.2, 0.25) is 0 Å². The molecular weight excluding hydrogens is 282 g/mol. The lowest BCUT2D eigenvalue weighted by molar-refractivity contribution is -0.129. The Labute approximate surface area is 120 Å². The lowest BCUT2D eigenvalue weighted by atomic mass is 9.86. The lowest BCUT2D eigenvalue weighted by Gasteiger charge is -2.27. The van der Waals surface area contributed by atoms with E-state index < -0.39 is 5.92 Å². The predicted octanol–water partition coefficient (Wildman–Crippen LogP) is 1.08. The van der Waals surface area contributed by atoms with E-state index in [1.807, 2.05) is 0 Å². The van der Waals surface area contributed by atoms with E-state index >= 15 is 0 Å². The fourth-order valence-electron chi connectivity index (χ4n) is 2.29. The van der Waals surface area contributed by atoms with Crippen molar-refractivity contribution in [1.29, 1.82) is 0 Å². The third kappa shape index (κ3) is 4.51. The zero-order chi connectivity index (χ0) is 15.3. The molecule has 0 aromatic carbocycles. The van der Waals surface area contributed by atoms with Gasteiger partial charge in [-0.2, -0.15) is 5.10 Å². The number of rotatable bonds is 5. The van der Waals surface area contributed by atoms with Gasteiger partial charge in [0.25, 0.3) is 5.91 Å². The summed E-state index contributed by atoms with van der Waals surface area (Å²) in [4.78, 5) is 23.3. The van der Waals surface area contributed by atoms with E-state index in [9.17, 15) is 18.4 Å². The maximum atomic E-state index is 13.0. The van der Waals surface area contributed by atoms with Crippen LogP contribution in [-0.2, 0) is 4.79 Å². The number of aromatic nitrogens is 2. The fourth-order valence-corrected chi connectivity index (χ4v) is 2.29. The topological polar surface area (TPSA) is 86.9 Å². The Morgan fingerprint density at radius 1 is 1.29 bits per heavy atom. The van der Waals surface area contributed by atoms with Gasteiger partial charge in [0.1, 0.15) is 5.69 Å². The number of aromatic amines is 1. The fraction of sp³-hybridized carbons (Fsp3) is 0.615. The molecule has 0 atom stereocenters. The highest BCUT2D eigenvalue weighted by Crippen LogP contribution is 2.36. The lowest BCUT2D eigenvalue weighted by Crippen LogP contribution is -2.39. The number of carbonyl (C=O) groups is 2. The molecule has 0 saturated heterocycles. The van der Waals surface area contributed by atoms with E-state index in [0.717, 1.165) is 0 Å². The van der Waals surface area contributed by atoms with Gasteiger partial charge in [0.05, 0.1) is 0 Å². The predicted molar refractivity (Wildman–Crippen MR) is 70.8 cm³/mol. The molecule has 21 heavy (non-hydrogen) atoms. The van der Waals surface area contributed by atoms with Crippen LogP contribution in [0.5, 0.6) is 0 Å². The van der Waals surface area contributed by atoms with Crippen molar-refractivity contribution >= 4 is 11.8 Å². The number of nitrogens with one attached hydrogen (secondary N) is 3. The first-order chi connectivity index (χ1) is 9.98. The molecule has 116 valence electrons. The highest BCUT2D eigenvalue weighted by Gasteiger charge is 2.37. The molecule has 1 saturated carbocycles. The summed E-state index contributed by atoms with van der Waals surface area (Å²) in [5.41, 5.74) is 0.343. The van der Waals surface area contributed by atoms with Crippen LogP contribution in [0.15, 0.2) is 12.3 Å². The SMILES string of the molecule is O=C(NCCNC(=O)C1CCC(F)(F)CC1)c1ccn[nH]1. The largest absolute Gasteiger partial charge is 0.354 e. The molecule has 8 heteroatoms. The van der Waals surface area contributed by atoms with Crippen molar-refractivity contribution < 1.29 is 18.4 Å². The highest BCUT2D eigenvalue weighted by molar-refractivity contribution is 5.92. The van der Waals surface area contributed by atoms with Crippen molar-refractivity contribution in [3.8, 4) is 0 Å². The van der Waals surface area contributed by atoms with Crippen molar-refractivity contribution in [2.45, 2.75) is 31.6 Å². The van der Waals surface area contributed by atoms with Crippen LogP contribution in [0, 0.1) is 5.92 Å². The van der Waals surface area contributed by atoms with Gasteiger partial charge in [-0.05, 0) is 18.9 Å². The Balaban J connectivity index is 1.63. The summed E-state index contributed by atoms with van der Waals surface area (Å²) in [6, 6.07) is 1.54. The average Bonchev–Trinajstić information content (AvgIpc) is 2.97. The molecule has 3 N–H and O–H groups in total. The monoisotopic (exact) mass is 300 g/mol. The van der Waals surface area contributed by atoms with Crippen LogP contribution < -0.4 is 10.6 Å². The number of nitrogens with zero attached hydrogens (tertiary/aromatic N) is 1. The van der Waals surface area contributed by atoms with Crippen LogP contribution in [-0.4, -0.2) is 41.0 Å². The molecule has 1 aliphatic carbocycles. The summed E-state index contributed by atoms with van der Waals surface area (Å²) in [6.07, 6.45) is 1.41. The summed E-state index contributed by atoms with van der Waals surface area (Å²) in [7, 11) is 0. The standard InChI is InChI=1S/C13H18F2N4O2/c14-13(15)4-1-9(2-5-13)11(20)16-7-8-17-12(21)10-3-6-18-19-10/h3,6,9H,1-2,4-5,7-8H2,(H,16,20)(H,17,21)(H,18,19). The molecule has 6 nitrogen and oxygen atoms in total. The quantitative estimate of drug-likeness (QED) is 0.711. The number of H-pyrrole nitrogens is 1. The number of hydrogen-bond acceptors (Lipinski definition) is 3. The van der Waals surface area contributed by atoms with Gasteiger partial charge in [0.2, 0.25) is 11.8 Å². The zero-order valence-corrected chi connectivity index (χ0v) is 11.5. The number of halogens is 2. The van der Waals surface area contributed by atoms with Gasteiger partial charge in [0.15, 0.2) is 0 Å². The van der Waals surface area contributed by atoms with E-state index in [2.05, 4.69) is 20.8 Å². The maximum Gasteiger partial charge on any atom is 0.269 e. The second-order valence-corrected chi connectivity index (χ2v) is 5.15. The van der Waals surface area contributed by atoms with Crippen molar-refractivity contribution in [3.63, 3.8) is 0 Å². The third-order valence-corrected chi connectivity index (χ3v) is 3.54. The average molecular weight is 300 g/mol. The molecular formula is C13H18F2N4O2. The van der Waals surface area contributed by atoms with Crippen molar-refractivity contribution in [2.75, 3.05) is 13.1 Å². The Morgan fingerprint density at radius 2 is 1.95 bits per heavy atom. The van der Waals surface area contributed by atoms with Gasteiger partial charge >= 0.3 is 0 Å². The van der Waals surface area contributed by atoms with Gasteiger partial charge < -0.3 is 10.6 Å².